The van der Waals surface area contributed by atoms with E-state index in [0.29, 0.717) is 12.1 Å². The van der Waals surface area contributed by atoms with Crippen LogP contribution in [0.3, 0.4) is 0 Å². The second-order valence-electron chi connectivity index (χ2n) is 4.04. The van der Waals surface area contributed by atoms with Crippen molar-refractivity contribution in [1.82, 2.24) is 10.3 Å². The zero-order chi connectivity index (χ0) is 13.7. The first-order valence-electron chi connectivity index (χ1n) is 5.80. The van der Waals surface area contributed by atoms with Crippen LogP contribution in [0.5, 0.6) is 0 Å². The minimum atomic E-state index is -1.58. The number of hydrogen-bond donors (Lipinski definition) is 3. The van der Waals surface area contributed by atoms with Gasteiger partial charge in [-0.05, 0) is 35.3 Å². The highest BCUT2D eigenvalue weighted by atomic mass is 16.4. The summed E-state index contributed by atoms with van der Waals surface area (Å²) < 4.78 is 0. The number of rotatable bonds is 4. The van der Waals surface area contributed by atoms with Gasteiger partial charge in [-0.2, -0.15) is 0 Å². The van der Waals surface area contributed by atoms with E-state index < -0.39 is 7.12 Å². The lowest BCUT2D eigenvalue weighted by atomic mass is 9.79. The maximum atomic E-state index is 11.9. The van der Waals surface area contributed by atoms with Crippen molar-refractivity contribution in [3.05, 3.63) is 59.9 Å². The summed E-state index contributed by atoms with van der Waals surface area (Å²) in [6.07, 6.45) is 3.31. The summed E-state index contributed by atoms with van der Waals surface area (Å²) in [6.45, 7) is 0.396. The summed E-state index contributed by atoms with van der Waals surface area (Å²) in [5, 5.41) is 20.9. The van der Waals surface area contributed by atoms with Crippen LogP contribution in [0.15, 0.2) is 48.8 Å². The fourth-order valence-corrected chi connectivity index (χ4v) is 1.63. The van der Waals surface area contributed by atoms with E-state index in [1.807, 2.05) is 12.1 Å². The van der Waals surface area contributed by atoms with Crippen LogP contribution in [-0.4, -0.2) is 28.1 Å². The molecule has 2 aromatic rings. The Morgan fingerprint density at radius 2 is 1.95 bits per heavy atom. The number of benzene rings is 1. The molecule has 19 heavy (non-hydrogen) atoms. The molecule has 0 aliphatic heterocycles. The largest absolute Gasteiger partial charge is 0.488 e. The molecule has 1 heterocycles. The molecule has 1 aromatic carbocycles. The Labute approximate surface area is 111 Å². The number of hydrogen-bond acceptors (Lipinski definition) is 4. The average molecular weight is 256 g/mol. The summed E-state index contributed by atoms with van der Waals surface area (Å²) in [4.78, 5) is 15.8. The Bertz CT molecular complexity index is 561. The van der Waals surface area contributed by atoms with Gasteiger partial charge in [-0.3, -0.25) is 9.78 Å². The zero-order valence-corrected chi connectivity index (χ0v) is 10.2. The standard InChI is InChI=1S/C13H13BN2O3/c17-13(16-9-10-4-6-15-7-5-10)11-2-1-3-12(8-11)14(18)19/h1-8,18-19H,9H2,(H,16,17). The highest BCUT2D eigenvalue weighted by Crippen LogP contribution is 2.00. The van der Waals surface area contributed by atoms with Crippen LogP contribution in [0.25, 0.3) is 0 Å². The van der Waals surface area contributed by atoms with Gasteiger partial charge in [-0.1, -0.05) is 12.1 Å². The van der Waals surface area contributed by atoms with Crippen molar-refractivity contribution in [3.8, 4) is 0 Å². The van der Waals surface area contributed by atoms with E-state index >= 15 is 0 Å². The van der Waals surface area contributed by atoms with Gasteiger partial charge in [-0.15, -0.1) is 0 Å². The van der Waals surface area contributed by atoms with Crippen molar-refractivity contribution >= 4 is 18.5 Å². The number of aromatic nitrogens is 1. The summed E-state index contributed by atoms with van der Waals surface area (Å²) in [5.41, 5.74) is 1.62. The number of nitrogens with one attached hydrogen (secondary N) is 1. The predicted molar refractivity (Wildman–Crippen MR) is 71.7 cm³/mol. The van der Waals surface area contributed by atoms with E-state index in [1.165, 1.54) is 6.07 Å². The van der Waals surface area contributed by atoms with E-state index in [0.717, 1.165) is 5.56 Å². The first-order valence-corrected chi connectivity index (χ1v) is 5.80. The van der Waals surface area contributed by atoms with Crippen molar-refractivity contribution in [2.75, 3.05) is 0 Å². The number of nitrogens with zero attached hydrogens (tertiary/aromatic N) is 1. The van der Waals surface area contributed by atoms with Crippen LogP contribution in [0.2, 0.25) is 0 Å². The van der Waals surface area contributed by atoms with Gasteiger partial charge < -0.3 is 15.4 Å². The van der Waals surface area contributed by atoms with Crippen molar-refractivity contribution < 1.29 is 14.8 Å². The summed E-state index contributed by atoms with van der Waals surface area (Å²) >= 11 is 0. The van der Waals surface area contributed by atoms with E-state index in [1.54, 1.807) is 30.6 Å². The average Bonchev–Trinajstić information content (AvgIpc) is 2.46. The molecule has 0 radical (unpaired) electrons. The minimum absolute atomic E-state index is 0.265. The molecule has 6 heteroatoms. The topological polar surface area (TPSA) is 82.5 Å². The molecule has 0 bridgehead atoms. The third kappa shape index (κ3) is 3.64. The van der Waals surface area contributed by atoms with Gasteiger partial charge in [0.1, 0.15) is 0 Å². The molecule has 0 aliphatic rings. The van der Waals surface area contributed by atoms with Crippen LogP contribution >= 0.6 is 0 Å². The Morgan fingerprint density at radius 3 is 2.63 bits per heavy atom. The summed E-state index contributed by atoms with van der Waals surface area (Å²) in [7, 11) is -1.58. The first kappa shape index (κ1) is 13.3. The van der Waals surface area contributed by atoms with Gasteiger partial charge >= 0.3 is 7.12 Å². The molecule has 0 atom stereocenters. The predicted octanol–water partition coefficient (Wildman–Crippen LogP) is -0.309. The molecule has 0 aliphatic carbocycles. The van der Waals surface area contributed by atoms with Gasteiger partial charge in [0, 0.05) is 24.5 Å². The van der Waals surface area contributed by atoms with Crippen molar-refractivity contribution in [3.63, 3.8) is 0 Å². The molecule has 96 valence electrons. The zero-order valence-electron chi connectivity index (χ0n) is 10.2. The highest BCUT2D eigenvalue weighted by Gasteiger charge is 2.13. The van der Waals surface area contributed by atoms with Crippen molar-refractivity contribution in [1.29, 1.82) is 0 Å². The second kappa shape index (κ2) is 6.13. The molecule has 0 saturated heterocycles. The fraction of sp³-hybridized carbons (Fsp3) is 0.0769. The molecular weight excluding hydrogens is 243 g/mol. The monoisotopic (exact) mass is 256 g/mol. The molecule has 0 fully saturated rings. The highest BCUT2D eigenvalue weighted by molar-refractivity contribution is 6.58. The van der Waals surface area contributed by atoms with Crippen LogP contribution < -0.4 is 10.8 Å². The third-order valence-corrected chi connectivity index (χ3v) is 2.65. The number of amides is 1. The summed E-state index contributed by atoms with van der Waals surface area (Å²) in [6, 6.07) is 9.85. The van der Waals surface area contributed by atoms with E-state index in [9.17, 15) is 4.79 Å². The Kier molecular flexibility index (Phi) is 4.28. The Balaban J connectivity index is 2.02. The second-order valence-corrected chi connectivity index (χ2v) is 4.04. The third-order valence-electron chi connectivity index (χ3n) is 2.65. The first-order chi connectivity index (χ1) is 9.16. The van der Waals surface area contributed by atoms with Crippen molar-refractivity contribution in [2.45, 2.75) is 6.54 Å². The maximum Gasteiger partial charge on any atom is 0.488 e. The maximum absolute atomic E-state index is 11.9. The van der Waals surface area contributed by atoms with Crippen LogP contribution in [0, 0.1) is 0 Å². The van der Waals surface area contributed by atoms with Crippen molar-refractivity contribution in [2.24, 2.45) is 0 Å². The molecule has 3 N–H and O–H groups in total. The van der Waals surface area contributed by atoms with Crippen LogP contribution in [0.1, 0.15) is 15.9 Å². The quantitative estimate of drug-likeness (QED) is 0.655. The minimum Gasteiger partial charge on any atom is -0.423 e. The molecule has 1 amide bonds. The Hall–Kier alpha value is -2.18. The summed E-state index contributed by atoms with van der Waals surface area (Å²) in [5.74, 6) is -0.265. The lowest BCUT2D eigenvalue weighted by Gasteiger charge is -2.06. The number of carbonyl (C=O) groups excluding carboxylic acids is 1. The lowest BCUT2D eigenvalue weighted by Crippen LogP contribution is -2.31. The normalized spacial score (nSPS) is 10.0. The smallest absolute Gasteiger partial charge is 0.423 e. The fourth-order valence-electron chi connectivity index (χ4n) is 1.63. The molecule has 2 rings (SSSR count). The van der Waals surface area contributed by atoms with E-state index in [4.69, 9.17) is 10.0 Å². The van der Waals surface area contributed by atoms with Crippen LogP contribution in [-0.2, 0) is 6.54 Å². The Morgan fingerprint density at radius 1 is 1.21 bits per heavy atom. The molecule has 1 aromatic heterocycles. The van der Waals surface area contributed by atoms with Gasteiger partial charge in [0.15, 0.2) is 0 Å². The molecule has 0 unspecified atom stereocenters. The molecule has 0 saturated carbocycles. The SMILES string of the molecule is O=C(NCc1ccncc1)c1cccc(B(O)O)c1. The van der Waals surface area contributed by atoms with E-state index in [2.05, 4.69) is 10.3 Å². The van der Waals surface area contributed by atoms with E-state index in [-0.39, 0.29) is 11.4 Å². The van der Waals surface area contributed by atoms with Gasteiger partial charge in [-0.25, -0.2) is 0 Å². The van der Waals surface area contributed by atoms with Gasteiger partial charge in [0.2, 0.25) is 0 Å². The number of pyridine rings is 1. The molecule has 0 spiro atoms. The van der Waals surface area contributed by atoms with Gasteiger partial charge in [0.25, 0.3) is 5.91 Å². The lowest BCUT2D eigenvalue weighted by molar-refractivity contribution is 0.0951. The number of carbonyl (C=O) groups is 1. The molecule has 5 nitrogen and oxygen atoms in total. The van der Waals surface area contributed by atoms with Gasteiger partial charge in [0.05, 0.1) is 0 Å². The molecular formula is C13H13BN2O3. The van der Waals surface area contributed by atoms with Crippen LogP contribution in [0.4, 0.5) is 0 Å².